The van der Waals surface area contributed by atoms with Gasteiger partial charge in [-0.25, -0.2) is 0 Å². The van der Waals surface area contributed by atoms with Gasteiger partial charge in [0.15, 0.2) is 5.11 Å². The monoisotopic (exact) mass is 334 g/mol. The fourth-order valence-electron chi connectivity index (χ4n) is 2.38. The van der Waals surface area contributed by atoms with Gasteiger partial charge >= 0.3 is 0 Å². The highest BCUT2D eigenvalue weighted by atomic mass is 32.1. The molecular formula is C16H22N4O2S. The largest absolute Gasteiger partial charge is 0.497 e. The van der Waals surface area contributed by atoms with Crippen LogP contribution in [0.4, 0.5) is 5.69 Å². The number of aromatic nitrogens is 2. The molecule has 0 saturated heterocycles. The summed E-state index contributed by atoms with van der Waals surface area (Å²) >= 11 is 5.39. The molecule has 0 radical (unpaired) electrons. The normalized spacial score (nSPS) is 11.7. The van der Waals surface area contributed by atoms with E-state index in [0.29, 0.717) is 10.9 Å². The minimum Gasteiger partial charge on any atom is -0.497 e. The van der Waals surface area contributed by atoms with Crippen molar-refractivity contribution in [1.29, 1.82) is 0 Å². The van der Waals surface area contributed by atoms with Crippen LogP contribution in [0.2, 0.25) is 0 Å². The minimum atomic E-state index is 0.0490. The van der Waals surface area contributed by atoms with Crippen LogP contribution < -0.4 is 20.1 Å². The van der Waals surface area contributed by atoms with Crippen molar-refractivity contribution in [3.63, 3.8) is 0 Å². The Morgan fingerprint density at radius 1 is 1.30 bits per heavy atom. The first-order valence-corrected chi connectivity index (χ1v) is 7.65. The van der Waals surface area contributed by atoms with Gasteiger partial charge in [-0.05, 0) is 38.2 Å². The zero-order chi connectivity index (χ0) is 17.0. The molecule has 0 amide bonds. The molecule has 1 aromatic carbocycles. The molecule has 1 atom stereocenters. The highest BCUT2D eigenvalue weighted by Gasteiger charge is 2.14. The summed E-state index contributed by atoms with van der Waals surface area (Å²) in [7, 11) is 5.13. The number of aryl methyl sites for hydroxylation is 2. The van der Waals surface area contributed by atoms with Crippen LogP contribution in [0.25, 0.3) is 0 Å². The third-order valence-electron chi connectivity index (χ3n) is 3.52. The van der Waals surface area contributed by atoms with E-state index in [4.69, 9.17) is 21.7 Å². The van der Waals surface area contributed by atoms with Crippen LogP contribution in [0.5, 0.6) is 11.5 Å². The Bertz CT molecular complexity index is 699. The zero-order valence-corrected chi connectivity index (χ0v) is 14.8. The topological polar surface area (TPSA) is 60.3 Å². The highest BCUT2D eigenvalue weighted by molar-refractivity contribution is 7.80. The second kappa shape index (κ2) is 7.32. The van der Waals surface area contributed by atoms with E-state index in [1.165, 1.54) is 0 Å². The second-order valence-corrected chi connectivity index (χ2v) is 5.64. The Morgan fingerprint density at radius 2 is 2.04 bits per heavy atom. The fourth-order valence-corrected chi connectivity index (χ4v) is 2.66. The number of nitrogens with zero attached hydrogens (tertiary/aromatic N) is 2. The quantitative estimate of drug-likeness (QED) is 0.820. The summed E-state index contributed by atoms with van der Waals surface area (Å²) in [6.45, 7) is 4.03. The van der Waals surface area contributed by atoms with Gasteiger partial charge in [0.05, 0.1) is 31.6 Å². The lowest BCUT2D eigenvalue weighted by Gasteiger charge is -2.18. The molecule has 0 aliphatic rings. The van der Waals surface area contributed by atoms with Crippen LogP contribution in [0.3, 0.4) is 0 Å². The molecule has 7 heteroatoms. The molecule has 0 aliphatic heterocycles. The fraction of sp³-hybridized carbons (Fsp3) is 0.375. The number of benzene rings is 1. The summed E-state index contributed by atoms with van der Waals surface area (Å²) < 4.78 is 12.3. The van der Waals surface area contributed by atoms with Crippen LogP contribution in [0.1, 0.15) is 24.2 Å². The summed E-state index contributed by atoms with van der Waals surface area (Å²) in [4.78, 5) is 0. The van der Waals surface area contributed by atoms with Gasteiger partial charge in [-0.2, -0.15) is 5.10 Å². The molecule has 1 aromatic heterocycles. The molecule has 2 rings (SSSR count). The van der Waals surface area contributed by atoms with Gasteiger partial charge in [0, 0.05) is 24.9 Å². The Kier molecular flexibility index (Phi) is 5.44. The average Bonchev–Trinajstić information content (AvgIpc) is 2.86. The number of hydrogen-bond donors (Lipinski definition) is 2. The predicted molar refractivity (Wildman–Crippen MR) is 95.3 cm³/mol. The van der Waals surface area contributed by atoms with E-state index in [1.54, 1.807) is 25.0 Å². The first-order chi connectivity index (χ1) is 10.9. The standard InChI is InChI=1S/C16H22N4O2S/c1-10(13-9-20(3)19-11(13)2)17-16(23)18-14-7-6-12(21-4)8-15(14)22-5/h6-10H,1-5H3,(H2,17,18,23). The van der Waals surface area contributed by atoms with Gasteiger partial charge < -0.3 is 20.1 Å². The molecule has 0 aliphatic carbocycles. The Balaban J connectivity index is 2.06. The number of thiocarbonyl (C=S) groups is 1. The van der Waals surface area contributed by atoms with E-state index in [2.05, 4.69) is 15.7 Å². The number of nitrogens with one attached hydrogen (secondary N) is 2. The summed E-state index contributed by atoms with van der Waals surface area (Å²) in [6, 6.07) is 5.57. The smallest absolute Gasteiger partial charge is 0.171 e. The van der Waals surface area contributed by atoms with E-state index >= 15 is 0 Å². The van der Waals surface area contributed by atoms with Crippen molar-refractivity contribution < 1.29 is 9.47 Å². The molecule has 0 fully saturated rings. The van der Waals surface area contributed by atoms with Crippen molar-refractivity contribution in [2.75, 3.05) is 19.5 Å². The summed E-state index contributed by atoms with van der Waals surface area (Å²) in [5.41, 5.74) is 2.87. The van der Waals surface area contributed by atoms with E-state index in [-0.39, 0.29) is 6.04 Å². The van der Waals surface area contributed by atoms with Crippen molar-refractivity contribution in [3.05, 3.63) is 35.7 Å². The van der Waals surface area contributed by atoms with Crippen molar-refractivity contribution in [1.82, 2.24) is 15.1 Å². The van der Waals surface area contributed by atoms with Crippen LogP contribution >= 0.6 is 12.2 Å². The molecule has 6 nitrogen and oxygen atoms in total. The number of methoxy groups -OCH3 is 2. The van der Waals surface area contributed by atoms with E-state index in [0.717, 1.165) is 22.7 Å². The molecule has 1 unspecified atom stereocenters. The van der Waals surface area contributed by atoms with Gasteiger partial charge in [-0.15, -0.1) is 0 Å². The third-order valence-corrected chi connectivity index (χ3v) is 3.74. The SMILES string of the molecule is COc1ccc(NC(=S)NC(C)c2cn(C)nc2C)c(OC)c1. The molecule has 0 saturated carbocycles. The lowest BCUT2D eigenvalue weighted by molar-refractivity contribution is 0.395. The molecule has 2 N–H and O–H groups in total. The van der Waals surface area contributed by atoms with E-state index in [9.17, 15) is 0 Å². The molecule has 0 spiro atoms. The van der Waals surface area contributed by atoms with Crippen LogP contribution in [0.15, 0.2) is 24.4 Å². The lowest BCUT2D eigenvalue weighted by atomic mass is 10.1. The van der Waals surface area contributed by atoms with Gasteiger partial charge in [0.25, 0.3) is 0 Å². The van der Waals surface area contributed by atoms with Crippen molar-refractivity contribution in [2.24, 2.45) is 7.05 Å². The summed E-state index contributed by atoms with van der Waals surface area (Å²) in [5, 5.41) is 11.3. The van der Waals surface area contributed by atoms with Gasteiger partial charge in [-0.1, -0.05) is 0 Å². The molecular weight excluding hydrogens is 312 g/mol. The van der Waals surface area contributed by atoms with E-state index in [1.807, 2.05) is 39.2 Å². The van der Waals surface area contributed by atoms with Crippen LogP contribution in [-0.2, 0) is 7.05 Å². The molecule has 1 heterocycles. The number of anilines is 1. The summed E-state index contributed by atoms with van der Waals surface area (Å²) in [5.74, 6) is 1.39. The predicted octanol–water partition coefficient (Wildman–Crippen LogP) is 2.79. The Labute approximate surface area is 141 Å². The maximum absolute atomic E-state index is 5.39. The van der Waals surface area contributed by atoms with Crippen molar-refractivity contribution >= 4 is 23.0 Å². The van der Waals surface area contributed by atoms with Crippen LogP contribution in [0, 0.1) is 6.92 Å². The minimum absolute atomic E-state index is 0.0490. The summed E-state index contributed by atoms with van der Waals surface area (Å²) in [6.07, 6.45) is 1.99. The molecule has 124 valence electrons. The van der Waals surface area contributed by atoms with Gasteiger partial charge in [-0.3, -0.25) is 4.68 Å². The number of hydrogen-bond acceptors (Lipinski definition) is 4. The van der Waals surface area contributed by atoms with Gasteiger partial charge in [0.2, 0.25) is 0 Å². The van der Waals surface area contributed by atoms with Crippen molar-refractivity contribution in [3.8, 4) is 11.5 Å². The van der Waals surface area contributed by atoms with Crippen molar-refractivity contribution in [2.45, 2.75) is 19.9 Å². The highest BCUT2D eigenvalue weighted by Crippen LogP contribution is 2.29. The number of rotatable bonds is 5. The first-order valence-electron chi connectivity index (χ1n) is 7.24. The average molecular weight is 334 g/mol. The Hall–Kier alpha value is -2.28. The molecule has 0 bridgehead atoms. The second-order valence-electron chi connectivity index (χ2n) is 5.23. The molecule has 23 heavy (non-hydrogen) atoms. The maximum atomic E-state index is 5.39. The molecule has 2 aromatic rings. The van der Waals surface area contributed by atoms with E-state index < -0.39 is 0 Å². The number of ether oxygens (including phenoxy) is 2. The van der Waals surface area contributed by atoms with Gasteiger partial charge in [0.1, 0.15) is 11.5 Å². The maximum Gasteiger partial charge on any atom is 0.171 e. The Morgan fingerprint density at radius 3 is 2.61 bits per heavy atom. The zero-order valence-electron chi connectivity index (χ0n) is 14.0. The lowest BCUT2D eigenvalue weighted by Crippen LogP contribution is -2.31. The van der Waals surface area contributed by atoms with Crippen LogP contribution in [-0.4, -0.2) is 29.1 Å². The third kappa shape index (κ3) is 4.13. The first kappa shape index (κ1) is 17.1.